The van der Waals surface area contributed by atoms with Gasteiger partial charge in [-0.2, -0.15) is 0 Å². The Morgan fingerprint density at radius 1 is 1.00 bits per heavy atom. The second kappa shape index (κ2) is 4.11. The zero-order valence-corrected chi connectivity index (χ0v) is 6.15. The van der Waals surface area contributed by atoms with Crippen molar-refractivity contribution in [1.82, 2.24) is 0 Å². The lowest BCUT2D eigenvalue weighted by molar-refractivity contribution is -0.119. The van der Waals surface area contributed by atoms with Gasteiger partial charge in [0.05, 0.1) is 0 Å². The van der Waals surface area contributed by atoms with Gasteiger partial charge in [0.1, 0.15) is 5.78 Å². The molecule has 0 saturated heterocycles. The Morgan fingerprint density at radius 2 is 1.50 bits per heavy atom. The van der Waals surface area contributed by atoms with Crippen LogP contribution in [0.1, 0.15) is 38.5 Å². The highest BCUT2D eigenvalue weighted by Gasteiger charge is 2.00. The minimum atomic E-state index is 0.408. The van der Waals surface area contributed by atoms with Crippen LogP contribution in [0, 0.1) is 11.8 Å². The number of ketones is 1. The molecular formula is C9H12O. The van der Waals surface area contributed by atoms with Crippen LogP contribution in [0.2, 0.25) is 0 Å². The van der Waals surface area contributed by atoms with Gasteiger partial charge in [0.2, 0.25) is 0 Å². The van der Waals surface area contributed by atoms with E-state index in [1.165, 1.54) is 0 Å². The van der Waals surface area contributed by atoms with E-state index in [0.717, 1.165) is 38.5 Å². The van der Waals surface area contributed by atoms with E-state index in [9.17, 15) is 4.79 Å². The Bertz CT molecular complexity index is 155. The highest BCUT2D eigenvalue weighted by molar-refractivity contribution is 5.78. The summed E-state index contributed by atoms with van der Waals surface area (Å²) in [6.45, 7) is 0. The van der Waals surface area contributed by atoms with Crippen LogP contribution in [0.5, 0.6) is 0 Å². The summed E-state index contributed by atoms with van der Waals surface area (Å²) >= 11 is 0. The molecule has 0 aromatic rings. The maximum Gasteiger partial charge on any atom is 0.132 e. The SMILES string of the molecule is O=C1CCCC#CCCC1. The largest absolute Gasteiger partial charge is 0.300 e. The Morgan fingerprint density at radius 3 is 2.00 bits per heavy atom. The van der Waals surface area contributed by atoms with Gasteiger partial charge in [-0.3, -0.25) is 4.79 Å². The third-order valence-electron chi connectivity index (χ3n) is 1.64. The quantitative estimate of drug-likeness (QED) is 0.465. The van der Waals surface area contributed by atoms with Crippen molar-refractivity contribution in [3.05, 3.63) is 0 Å². The molecule has 1 nitrogen and oxygen atoms in total. The molecular weight excluding hydrogens is 124 g/mol. The molecule has 0 heterocycles. The Labute approximate surface area is 61.8 Å². The second-order valence-corrected chi connectivity index (χ2v) is 2.60. The highest BCUT2D eigenvalue weighted by atomic mass is 16.1. The van der Waals surface area contributed by atoms with E-state index in [0.29, 0.717) is 5.78 Å². The topological polar surface area (TPSA) is 17.1 Å². The molecule has 1 aliphatic carbocycles. The van der Waals surface area contributed by atoms with Crippen LogP contribution in [0.15, 0.2) is 0 Å². The molecule has 0 amide bonds. The summed E-state index contributed by atoms with van der Waals surface area (Å²) in [5.41, 5.74) is 0. The van der Waals surface area contributed by atoms with E-state index >= 15 is 0 Å². The van der Waals surface area contributed by atoms with Crippen LogP contribution in [0.25, 0.3) is 0 Å². The Hall–Kier alpha value is -0.770. The van der Waals surface area contributed by atoms with Crippen LogP contribution in [0.4, 0.5) is 0 Å². The molecule has 1 rings (SSSR count). The van der Waals surface area contributed by atoms with Crippen molar-refractivity contribution in [2.24, 2.45) is 0 Å². The molecule has 0 unspecified atom stereocenters. The summed E-state index contributed by atoms with van der Waals surface area (Å²) in [5, 5.41) is 0. The lowest BCUT2D eigenvalue weighted by atomic mass is 10.1. The number of hydrogen-bond donors (Lipinski definition) is 0. The second-order valence-electron chi connectivity index (χ2n) is 2.60. The fourth-order valence-corrected chi connectivity index (χ4v) is 1.05. The molecule has 10 heavy (non-hydrogen) atoms. The molecule has 0 aromatic heterocycles. The minimum absolute atomic E-state index is 0.408. The van der Waals surface area contributed by atoms with Crippen molar-refractivity contribution in [2.75, 3.05) is 0 Å². The maximum absolute atomic E-state index is 10.9. The van der Waals surface area contributed by atoms with E-state index in [2.05, 4.69) is 11.8 Å². The predicted octanol–water partition coefficient (Wildman–Crippen LogP) is 1.91. The van der Waals surface area contributed by atoms with Gasteiger partial charge in [-0.15, -0.1) is 11.8 Å². The van der Waals surface area contributed by atoms with Crippen molar-refractivity contribution in [3.63, 3.8) is 0 Å². The normalized spacial score (nSPS) is 19.8. The fourth-order valence-electron chi connectivity index (χ4n) is 1.05. The summed E-state index contributed by atoms with van der Waals surface area (Å²) < 4.78 is 0. The zero-order valence-electron chi connectivity index (χ0n) is 6.15. The van der Waals surface area contributed by atoms with Crippen LogP contribution in [0.3, 0.4) is 0 Å². The van der Waals surface area contributed by atoms with Gasteiger partial charge in [0.15, 0.2) is 0 Å². The van der Waals surface area contributed by atoms with Gasteiger partial charge < -0.3 is 0 Å². The molecule has 1 aliphatic rings. The summed E-state index contributed by atoms with van der Waals surface area (Å²) in [6.07, 6.45) is 5.23. The number of carbonyl (C=O) groups is 1. The predicted molar refractivity (Wildman–Crippen MR) is 40.5 cm³/mol. The first-order chi connectivity index (χ1) is 4.89. The van der Waals surface area contributed by atoms with Crippen molar-refractivity contribution in [2.45, 2.75) is 38.5 Å². The molecule has 0 saturated carbocycles. The molecule has 0 atom stereocenters. The molecule has 0 aromatic carbocycles. The lowest BCUT2D eigenvalue weighted by Gasteiger charge is -1.93. The highest BCUT2D eigenvalue weighted by Crippen LogP contribution is 2.04. The first kappa shape index (κ1) is 7.34. The van der Waals surface area contributed by atoms with Crippen LogP contribution >= 0.6 is 0 Å². The van der Waals surface area contributed by atoms with Gasteiger partial charge in [-0.1, -0.05) is 0 Å². The standard InChI is InChI=1S/C9H12O/c10-9-7-5-3-1-2-4-6-8-9/h3-8H2. The Kier molecular flexibility index (Phi) is 3.02. The van der Waals surface area contributed by atoms with Gasteiger partial charge in [-0.25, -0.2) is 0 Å². The molecule has 54 valence electrons. The van der Waals surface area contributed by atoms with E-state index in [-0.39, 0.29) is 0 Å². The minimum Gasteiger partial charge on any atom is -0.300 e. The van der Waals surface area contributed by atoms with Crippen molar-refractivity contribution >= 4 is 5.78 Å². The van der Waals surface area contributed by atoms with Gasteiger partial charge in [0.25, 0.3) is 0 Å². The summed E-state index contributed by atoms with van der Waals surface area (Å²) in [5.74, 6) is 6.50. The van der Waals surface area contributed by atoms with E-state index in [1.54, 1.807) is 0 Å². The third-order valence-corrected chi connectivity index (χ3v) is 1.64. The van der Waals surface area contributed by atoms with Gasteiger partial charge >= 0.3 is 0 Å². The van der Waals surface area contributed by atoms with Gasteiger partial charge in [-0.05, 0) is 12.8 Å². The van der Waals surface area contributed by atoms with E-state index < -0.39 is 0 Å². The van der Waals surface area contributed by atoms with Gasteiger partial charge in [0, 0.05) is 25.7 Å². The molecule has 0 aliphatic heterocycles. The summed E-state index contributed by atoms with van der Waals surface area (Å²) in [4.78, 5) is 10.9. The van der Waals surface area contributed by atoms with Crippen molar-refractivity contribution in [3.8, 4) is 11.8 Å². The smallest absolute Gasteiger partial charge is 0.132 e. The van der Waals surface area contributed by atoms with Crippen LogP contribution in [-0.2, 0) is 4.79 Å². The van der Waals surface area contributed by atoms with E-state index in [4.69, 9.17) is 0 Å². The van der Waals surface area contributed by atoms with Crippen LogP contribution in [-0.4, -0.2) is 5.78 Å². The molecule has 0 bridgehead atoms. The van der Waals surface area contributed by atoms with Crippen molar-refractivity contribution < 1.29 is 4.79 Å². The average Bonchev–Trinajstić information content (AvgIpc) is 2.02. The maximum atomic E-state index is 10.9. The van der Waals surface area contributed by atoms with Crippen molar-refractivity contribution in [1.29, 1.82) is 0 Å². The zero-order chi connectivity index (χ0) is 7.23. The molecule has 1 heteroatoms. The van der Waals surface area contributed by atoms with Crippen LogP contribution < -0.4 is 0 Å². The molecule has 0 fully saturated rings. The molecule has 0 spiro atoms. The first-order valence-electron chi connectivity index (χ1n) is 3.87. The molecule has 0 N–H and O–H groups in total. The first-order valence-corrected chi connectivity index (χ1v) is 3.87. The number of rotatable bonds is 0. The fraction of sp³-hybridized carbons (Fsp3) is 0.667. The summed E-state index contributed by atoms with van der Waals surface area (Å²) in [7, 11) is 0. The number of hydrogen-bond acceptors (Lipinski definition) is 1. The number of carbonyl (C=O) groups excluding carboxylic acids is 1. The molecule has 0 radical (unpaired) electrons. The Balaban J connectivity index is 2.34. The average molecular weight is 136 g/mol. The van der Waals surface area contributed by atoms with E-state index in [1.807, 2.05) is 0 Å². The summed E-state index contributed by atoms with van der Waals surface area (Å²) in [6, 6.07) is 0. The lowest BCUT2D eigenvalue weighted by Crippen LogP contribution is -1.95. The number of Topliss-reactive ketones (excluding diaryl/α,β-unsaturated/α-hetero) is 1. The monoisotopic (exact) mass is 136 g/mol. The third kappa shape index (κ3) is 2.68.